The number of hydrogen-bond acceptors (Lipinski definition) is 2. The smallest absolute Gasteiger partial charge is 0.0333 e. The summed E-state index contributed by atoms with van der Waals surface area (Å²) in [7, 11) is 0. The SMILES string of the molecule is CCCNSCc1cccc2c1CCCC2. The van der Waals surface area contributed by atoms with Gasteiger partial charge in [-0.25, -0.2) is 0 Å². The third kappa shape index (κ3) is 3.02. The van der Waals surface area contributed by atoms with Gasteiger partial charge in [-0.2, -0.15) is 0 Å². The first-order valence-corrected chi connectivity index (χ1v) is 7.34. The van der Waals surface area contributed by atoms with E-state index in [2.05, 4.69) is 29.8 Å². The van der Waals surface area contributed by atoms with Gasteiger partial charge >= 0.3 is 0 Å². The predicted octanol–water partition coefficient (Wildman–Crippen LogP) is 3.71. The van der Waals surface area contributed by atoms with Crippen molar-refractivity contribution >= 4 is 11.9 Å². The average molecular weight is 235 g/mol. The zero-order valence-corrected chi connectivity index (χ0v) is 10.9. The second-order valence-corrected chi connectivity index (χ2v) is 5.31. The molecular weight excluding hydrogens is 214 g/mol. The Labute approximate surface area is 103 Å². The van der Waals surface area contributed by atoms with E-state index in [1.165, 1.54) is 32.1 Å². The third-order valence-electron chi connectivity index (χ3n) is 3.17. The van der Waals surface area contributed by atoms with Gasteiger partial charge in [0.2, 0.25) is 0 Å². The van der Waals surface area contributed by atoms with Crippen LogP contribution in [0.4, 0.5) is 0 Å². The Hall–Kier alpha value is -0.470. The van der Waals surface area contributed by atoms with Gasteiger partial charge in [-0.15, -0.1) is 0 Å². The van der Waals surface area contributed by atoms with Gasteiger partial charge in [0, 0.05) is 12.3 Å². The van der Waals surface area contributed by atoms with Crippen LogP contribution in [0.1, 0.15) is 42.9 Å². The van der Waals surface area contributed by atoms with E-state index in [9.17, 15) is 0 Å². The molecule has 0 atom stereocenters. The number of aryl methyl sites for hydroxylation is 1. The molecule has 0 heterocycles. The van der Waals surface area contributed by atoms with Gasteiger partial charge in [0.25, 0.3) is 0 Å². The third-order valence-corrected chi connectivity index (χ3v) is 4.04. The second kappa shape index (κ2) is 6.31. The lowest BCUT2D eigenvalue weighted by molar-refractivity contribution is 0.681. The van der Waals surface area contributed by atoms with Gasteiger partial charge in [-0.3, -0.25) is 4.72 Å². The van der Waals surface area contributed by atoms with Crippen LogP contribution in [-0.2, 0) is 18.6 Å². The van der Waals surface area contributed by atoms with Crippen molar-refractivity contribution in [1.29, 1.82) is 0 Å². The molecule has 0 unspecified atom stereocenters. The maximum atomic E-state index is 3.41. The molecule has 88 valence electrons. The van der Waals surface area contributed by atoms with Crippen molar-refractivity contribution in [3.8, 4) is 0 Å². The van der Waals surface area contributed by atoms with E-state index in [-0.39, 0.29) is 0 Å². The molecule has 0 aromatic heterocycles. The number of fused-ring (bicyclic) bond motifs is 1. The van der Waals surface area contributed by atoms with Crippen LogP contribution in [0.2, 0.25) is 0 Å². The molecular formula is C14H21NS. The molecule has 0 saturated carbocycles. The van der Waals surface area contributed by atoms with E-state index in [1.807, 2.05) is 11.9 Å². The van der Waals surface area contributed by atoms with E-state index < -0.39 is 0 Å². The van der Waals surface area contributed by atoms with Crippen LogP contribution in [0.5, 0.6) is 0 Å². The lowest BCUT2D eigenvalue weighted by atomic mass is 9.89. The molecule has 0 saturated heterocycles. The molecule has 0 spiro atoms. The molecule has 0 radical (unpaired) electrons. The van der Waals surface area contributed by atoms with Crippen LogP contribution < -0.4 is 4.72 Å². The van der Waals surface area contributed by atoms with Gasteiger partial charge in [-0.1, -0.05) is 37.1 Å². The summed E-state index contributed by atoms with van der Waals surface area (Å²) in [5.74, 6) is 1.11. The Bertz CT molecular complexity index is 336. The summed E-state index contributed by atoms with van der Waals surface area (Å²) in [4.78, 5) is 0. The van der Waals surface area contributed by atoms with Crippen molar-refractivity contribution in [3.05, 3.63) is 34.9 Å². The first-order chi connectivity index (χ1) is 7.92. The van der Waals surface area contributed by atoms with Gasteiger partial charge in [0.15, 0.2) is 0 Å². The first-order valence-electron chi connectivity index (χ1n) is 6.36. The Balaban J connectivity index is 1.97. The fourth-order valence-electron chi connectivity index (χ4n) is 2.30. The summed E-state index contributed by atoms with van der Waals surface area (Å²) >= 11 is 1.85. The second-order valence-electron chi connectivity index (χ2n) is 4.44. The summed E-state index contributed by atoms with van der Waals surface area (Å²) in [6.07, 6.45) is 6.53. The number of hydrogen-bond donors (Lipinski definition) is 1. The highest BCUT2D eigenvalue weighted by Gasteiger charge is 2.12. The lowest BCUT2D eigenvalue weighted by Gasteiger charge is -2.19. The molecule has 2 rings (SSSR count). The summed E-state index contributed by atoms with van der Waals surface area (Å²) < 4.78 is 3.41. The van der Waals surface area contributed by atoms with Crippen LogP contribution in [0, 0.1) is 0 Å². The molecule has 0 fully saturated rings. The van der Waals surface area contributed by atoms with Gasteiger partial charge in [0.1, 0.15) is 0 Å². The van der Waals surface area contributed by atoms with Crippen LogP contribution >= 0.6 is 11.9 Å². The van der Waals surface area contributed by atoms with Crippen LogP contribution in [0.3, 0.4) is 0 Å². The summed E-state index contributed by atoms with van der Waals surface area (Å²) in [5, 5.41) is 0. The highest BCUT2D eigenvalue weighted by Crippen LogP contribution is 2.26. The minimum absolute atomic E-state index is 1.11. The molecule has 1 aromatic carbocycles. The van der Waals surface area contributed by atoms with Crippen molar-refractivity contribution in [2.24, 2.45) is 0 Å². The molecule has 1 N–H and O–H groups in total. The maximum absolute atomic E-state index is 3.41. The number of benzene rings is 1. The van der Waals surface area contributed by atoms with E-state index in [0.29, 0.717) is 0 Å². The standard InChI is InChI=1S/C14H21NS/c1-2-10-15-16-11-13-8-5-7-12-6-3-4-9-14(12)13/h5,7-8,15H,2-4,6,9-11H2,1H3. The minimum atomic E-state index is 1.11. The van der Waals surface area contributed by atoms with E-state index in [1.54, 1.807) is 16.7 Å². The van der Waals surface area contributed by atoms with Gasteiger partial charge < -0.3 is 0 Å². The molecule has 0 aliphatic heterocycles. The fourth-order valence-corrected chi connectivity index (χ4v) is 3.18. The molecule has 16 heavy (non-hydrogen) atoms. The van der Waals surface area contributed by atoms with Crippen molar-refractivity contribution in [2.75, 3.05) is 6.54 Å². The molecule has 0 amide bonds. The first kappa shape index (κ1) is 12.0. The summed E-state index contributed by atoms with van der Waals surface area (Å²) in [6.45, 7) is 3.32. The lowest BCUT2D eigenvalue weighted by Crippen LogP contribution is -2.08. The minimum Gasteiger partial charge on any atom is -0.264 e. The molecule has 1 aliphatic rings. The molecule has 1 aliphatic carbocycles. The molecule has 2 heteroatoms. The van der Waals surface area contributed by atoms with Crippen molar-refractivity contribution in [1.82, 2.24) is 4.72 Å². The van der Waals surface area contributed by atoms with Gasteiger partial charge in [-0.05, 0) is 48.8 Å². The summed E-state index contributed by atoms with van der Waals surface area (Å²) in [5.41, 5.74) is 4.78. The van der Waals surface area contributed by atoms with Gasteiger partial charge in [0.05, 0.1) is 0 Å². The topological polar surface area (TPSA) is 12.0 Å². The summed E-state index contributed by atoms with van der Waals surface area (Å²) in [6, 6.07) is 6.83. The number of rotatable bonds is 5. The normalized spacial score (nSPS) is 14.8. The Morgan fingerprint density at radius 3 is 3.00 bits per heavy atom. The monoisotopic (exact) mass is 235 g/mol. The Kier molecular flexibility index (Phi) is 4.73. The zero-order valence-electron chi connectivity index (χ0n) is 10.1. The molecule has 1 nitrogen and oxygen atoms in total. The number of nitrogens with one attached hydrogen (secondary N) is 1. The van der Waals surface area contributed by atoms with Crippen molar-refractivity contribution in [3.63, 3.8) is 0 Å². The average Bonchev–Trinajstić information content (AvgIpc) is 2.35. The van der Waals surface area contributed by atoms with E-state index in [0.717, 1.165) is 12.3 Å². The zero-order chi connectivity index (χ0) is 11.2. The van der Waals surface area contributed by atoms with Crippen molar-refractivity contribution in [2.45, 2.75) is 44.8 Å². The highest BCUT2D eigenvalue weighted by atomic mass is 32.2. The fraction of sp³-hybridized carbons (Fsp3) is 0.571. The molecule has 1 aromatic rings. The maximum Gasteiger partial charge on any atom is 0.0333 e. The van der Waals surface area contributed by atoms with E-state index in [4.69, 9.17) is 0 Å². The van der Waals surface area contributed by atoms with E-state index >= 15 is 0 Å². The highest BCUT2D eigenvalue weighted by molar-refractivity contribution is 7.96. The van der Waals surface area contributed by atoms with Crippen LogP contribution in [-0.4, -0.2) is 6.54 Å². The Morgan fingerprint density at radius 1 is 1.25 bits per heavy atom. The van der Waals surface area contributed by atoms with Crippen molar-refractivity contribution < 1.29 is 0 Å². The largest absolute Gasteiger partial charge is 0.264 e. The predicted molar refractivity (Wildman–Crippen MR) is 72.7 cm³/mol. The van der Waals surface area contributed by atoms with Crippen LogP contribution in [0.15, 0.2) is 18.2 Å². The Morgan fingerprint density at radius 2 is 2.12 bits per heavy atom. The quantitative estimate of drug-likeness (QED) is 0.617. The van der Waals surface area contributed by atoms with Crippen LogP contribution in [0.25, 0.3) is 0 Å². The molecule has 0 bridgehead atoms.